The first-order valence-corrected chi connectivity index (χ1v) is 14.5. The van der Waals surface area contributed by atoms with Crippen LogP contribution in [0.1, 0.15) is 83.3 Å². The van der Waals surface area contributed by atoms with E-state index in [0.717, 1.165) is 77.8 Å². The number of pyridine rings is 1. The van der Waals surface area contributed by atoms with Crippen LogP contribution in [0.3, 0.4) is 0 Å². The molecule has 6 nitrogen and oxygen atoms in total. The molecule has 0 spiro atoms. The van der Waals surface area contributed by atoms with Gasteiger partial charge in [-0.15, -0.1) is 22.7 Å². The number of nitrogens with one attached hydrogen (secondary N) is 2. The summed E-state index contributed by atoms with van der Waals surface area (Å²) in [6.07, 6.45) is 9.65. The first kappa shape index (κ1) is 25.9. The van der Waals surface area contributed by atoms with Gasteiger partial charge in [0.1, 0.15) is 10.6 Å². The van der Waals surface area contributed by atoms with Crippen LogP contribution in [0.25, 0.3) is 10.4 Å². The zero-order valence-electron chi connectivity index (χ0n) is 21.5. The lowest BCUT2D eigenvalue weighted by Crippen LogP contribution is -2.30. The molecule has 2 aliphatic carbocycles. The Morgan fingerprint density at radius 2 is 1.68 bits per heavy atom. The molecular weight excluding hydrogens is 509 g/mol. The van der Waals surface area contributed by atoms with Crippen molar-refractivity contribution in [3.63, 3.8) is 0 Å². The molecule has 0 radical (unpaired) electrons. The van der Waals surface area contributed by atoms with Gasteiger partial charge in [-0.25, -0.2) is 14.6 Å². The number of amides is 2. The Morgan fingerprint density at radius 3 is 2.35 bits per heavy atom. The second-order valence-electron chi connectivity index (χ2n) is 10.6. The number of halogens is 1. The molecule has 3 aromatic rings. The van der Waals surface area contributed by atoms with E-state index in [1.165, 1.54) is 27.8 Å². The van der Waals surface area contributed by atoms with E-state index in [-0.39, 0.29) is 12.0 Å². The van der Waals surface area contributed by atoms with Gasteiger partial charge in [0.05, 0.1) is 5.56 Å². The number of carbonyl (C=O) groups is 2. The van der Waals surface area contributed by atoms with Crippen LogP contribution in [0.2, 0.25) is 0 Å². The molecule has 2 aliphatic rings. The van der Waals surface area contributed by atoms with Crippen molar-refractivity contribution in [2.45, 2.75) is 84.3 Å². The van der Waals surface area contributed by atoms with Gasteiger partial charge in [-0.3, -0.25) is 5.32 Å². The Bertz CT molecular complexity index is 1320. The summed E-state index contributed by atoms with van der Waals surface area (Å²) in [4.78, 5) is 33.6. The molecule has 2 amide bonds. The molecule has 0 atom stereocenters. The summed E-state index contributed by atoms with van der Waals surface area (Å²) in [5.74, 6) is -0.899. The van der Waals surface area contributed by atoms with Crippen molar-refractivity contribution < 1.29 is 18.7 Å². The molecule has 0 unspecified atom stereocenters. The Labute approximate surface area is 224 Å². The summed E-state index contributed by atoms with van der Waals surface area (Å²) in [5.41, 5.74) is 4.10. The molecule has 0 aromatic carbocycles. The van der Waals surface area contributed by atoms with Gasteiger partial charge < -0.3 is 10.1 Å². The van der Waals surface area contributed by atoms with E-state index in [1.54, 1.807) is 23.6 Å². The number of anilines is 1. The van der Waals surface area contributed by atoms with Gasteiger partial charge in [-0.1, -0.05) is 0 Å². The van der Waals surface area contributed by atoms with Gasteiger partial charge in [-0.2, -0.15) is 4.39 Å². The monoisotopic (exact) mass is 541 g/mol. The molecule has 2 N–H and O–H groups in total. The number of carbonyl (C=O) groups excluding carboxylic acids is 2. The van der Waals surface area contributed by atoms with Crippen molar-refractivity contribution in [2.24, 2.45) is 0 Å². The van der Waals surface area contributed by atoms with E-state index in [0.29, 0.717) is 17.1 Å². The number of thiophene rings is 2. The number of nitrogens with zero attached hydrogens (tertiary/aromatic N) is 1. The van der Waals surface area contributed by atoms with E-state index in [9.17, 15) is 14.0 Å². The Balaban J connectivity index is 1.37. The minimum atomic E-state index is -0.621. The fraction of sp³-hybridized carbons (Fsp3) is 0.464. The molecule has 196 valence electrons. The lowest BCUT2D eigenvalue weighted by atomic mass is 9.94. The number of ether oxygens (including phenoxy) is 1. The fourth-order valence-electron chi connectivity index (χ4n) is 5.08. The number of hydrogen-bond donors (Lipinski definition) is 2. The quantitative estimate of drug-likeness (QED) is 0.268. The second kappa shape index (κ2) is 10.5. The third kappa shape index (κ3) is 5.72. The summed E-state index contributed by atoms with van der Waals surface area (Å²) >= 11 is 3.19. The molecule has 9 heteroatoms. The first-order chi connectivity index (χ1) is 17.7. The number of hydrogen-bond acceptors (Lipinski definition) is 6. The van der Waals surface area contributed by atoms with Gasteiger partial charge in [-0.05, 0) is 101 Å². The van der Waals surface area contributed by atoms with Crippen LogP contribution >= 0.6 is 22.7 Å². The van der Waals surface area contributed by atoms with Crippen LogP contribution in [0.15, 0.2) is 18.3 Å². The van der Waals surface area contributed by atoms with Crippen LogP contribution in [0.4, 0.5) is 14.2 Å². The van der Waals surface area contributed by atoms with Crippen molar-refractivity contribution in [3.8, 4) is 10.4 Å². The predicted octanol–water partition coefficient (Wildman–Crippen LogP) is 7.05. The number of esters is 1. The van der Waals surface area contributed by atoms with Crippen LogP contribution in [-0.2, 0) is 37.0 Å². The molecule has 0 saturated heterocycles. The molecule has 0 aliphatic heterocycles. The Hall–Kier alpha value is -2.78. The molecular formula is C28H32FN3O3S2. The normalized spacial score (nSPS) is 15.0. The highest BCUT2D eigenvalue weighted by Crippen LogP contribution is 2.41. The fourth-order valence-corrected chi connectivity index (χ4v) is 7.75. The van der Waals surface area contributed by atoms with Crippen molar-refractivity contribution in [1.29, 1.82) is 0 Å². The Kier molecular flexibility index (Phi) is 7.36. The van der Waals surface area contributed by atoms with Gasteiger partial charge in [0.2, 0.25) is 5.95 Å². The average molecular weight is 542 g/mol. The molecule has 0 saturated carbocycles. The van der Waals surface area contributed by atoms with Crippen LogP contribution < -0.4 is 10.6 Å². The van der Waals surface area contributed by atoms with E-state index in [1.807, 2.05) is 20.8 Å². The lowest BCUT2D eigenvalue weighted by molar-refractivity contribution is 0.00699. The number of rotatable bonds is 5. The van der Waals surface area contributed by atoms with Crippen molar-refractivity contribution >= 4 is 39.7 Å². The number of aromatic nitrogens is 1. The molecule has 37 heavy (non-hydrogen) atoms. The molecule has 3 aromatic heterocycles. The SMILES string of the molecule is CC(C)(C)OC(=O)c1c(NC(=O)NCc2c(-c3ccc(F)nc3)sc3c2CCCC3)sc2c1CCCC2. The highest BCUT2D eigenvalue weighted by atomic mass is 32.1. The predicted molar refractivity (Wildman–Crippen MR) is 146 cm³/mol. The van der Waals surface area contributed by atoms with Gasteiger partial charge in [0.25, 0.3) is 0 Å². The van der Waals surface area contributed by atoms with Gasteiger partial charge in [0.15, 0.2) is 0 Å². The smallest absolute Gasteiger partial charge is 0.341 e. The molecule has 5 rings (SSSR count). The average Bonchev–Trinajstić information content (AvgIpc) is 3.40. The maximum absolute atomic E-state index is 13.5. The standard InChI is InChI=1S/C28H32FN3O3S2/c1-28(2,3)35-26(33)23-18-9-5-7-11-21(18)37-25(23)32-27(34)31-15-19-17-8-4-6-10-20(17)36-24(19)16-12-13-22(29)30-14-16/h12-14H,4-11,15H2,1-3H3,(H2,31,32,34). The van der Waals surface area contributed by atoms with Crippen molar-refractivity contribution in [3.05, 3.63) is 56.3 Å². The first-order valence-electron chi connectivity index (χ1n) is 12.9. The molecule has 0 bridgehead atoms. The van der Waals surface area contributed by atoms with Crippen LogP contribution in [0, 0.1) is 5.95 Å². The van der Waals surface area contributed by atoms with Gasteiger partial charge >= 0.3 is 12.0 Å². The highest BCUT2D eigenvalue weighted by Gasteiger charge is 2.30. The summed E-state index contributed by atoms with van der Waals surface area (Å²) in [6.45, 7) is 5.88. The van der Waals surface area contributed by atoms with Crippen LogP contribution in [-0.4, -0.2) is 22.6 Å². The zero-order chi connectivity index (χ0) is 26.2. The summed E-state index contributed by atoms with van der Waals surface area (Å²) in [6, 6.07) is 2.75. The number of fused-ring (bicyclic) bond motifs is 2. The van der Waals surface area contributed by atoms with Crippen molar-refractivity contribution in [1.82, 2.24) is 10.3 Å². The molecule has 0 fully saturated rings. The maximum Gasteiger partial charge on any atom is 0.341 e. The van der Waals surface area contributed by atoms with Gasteiger partial charge in [0, 0.05) is 32.9 Å². The maximum atomic E-state index is 13.5. The van der Waals surface area contributed by atoms with Crippen LogP contribution in [0.5, 0.6) is 0 Å². The van der Waals surface area contributed by atoms with Crippen molar-refractivity contribution in [2.75, 3.05) is 5.32 Å². The van der Waals surface area contributed by atoms with E-state index >= 15 is 0 Å². The minimum absolute atomic E-state index is 0.344. The topological polar surface area (TPSA) is 80.3 Å². The van der Waals surface area contributed by atoms with E-state index in [2.05, 4.69) is 15.6 Å². The summed E-state index contributed by atoms with van der Waals surface area (Å²) < 4.78 is 19.1. The molecule has 3 heterocycles. The second-order valence-corrected chi connectivity index (χ2v) is 12.8. The third-order valence-corrected chi connectivity index (χ3v) is 9.29. The van der Waals surface area contributed by atoms with E-state index in [4.69, 9.17) is 4.74 Å². The number of aryl methyl sites for hydroxylation is 2. The van der Waals surface area contributed by atoms with E-state index < -0.39 is 11.5 Å². The largest absolute Gasteiger partial charge is 0.456 e. The summed E-state index contributed by atoms with van der Waals surface area (Å²) in [5, 5.41) is 6.52. The lowest BCUT2D eigenvalue weighted by Gasteiger charge is -2.21. The Morgan fingerprint density at radius 1 is 1.00 bits per heavy atom. The third-order valence-electron chi connectivity index (χ3n) is 6.70. The summed E-state index contributed by atoms with van der Waals surface area (Å²) in [7, 11) is 0. The minimum Gasteiger partial charge on any atom is -0.456 e. The zero-order valence-corrected chi connectivity index (χ0v) is 23.1. The highest BCUT2D eigenvalue weighted by molar-refractivity contribution is 7.17. The number of urea groups is 1.